The minimum absolute atomic E-state index is 0.140. The molecule has 0 spiro atoms. The van der Waals surface area contributed by atoms with E-state index in [1.807, 2.05) is 30.0 Å². The van der Waals surface area contributed by atoms with E-state index in [2.05, 4.69) is 38.1 Å². The highest BCUT2D eigenvalue weighted by Gasteiger charge is 2.38. The molecule has 2 aromatic rings. The molecule has 23 heavy (non-hydrogen) atoms. The second kappa shape index (κ2) is 6.20. The lowest BCUT2D eigenvalue weighted by atomic mass is 9.83. The van der Waals surface area contributed by atoms with E-state index in [1.54, 1.807) is 12.1 Å². The van der Waals surface area contributed by atoms with Crippen molar-refractivity contribution in [1.29, 1.82) is 0 Å². The maximum Gasteiger partial charge on any atom is 0.269 e. The van der Waals surface area contributed by atoms with Crippen LogP contribution in [-0.4, -0.2) is 10.7 Å². The molecule has 1 aliphatic rings. The van der Waals surface area contributed by atoms with E-state index in [0.29, 0.717) is 0 Å². The highest BCUT2D eigenvalue weighted by molar-refractivity contribution is 8.00. The number of hydrogen-bond donors (Lipinski definition) is 0. The smallest absolute Gasteiger partial charge is 0.258 e. The molecule has 118 valence electrons. The van der Waals surface area contributed by atoms with Gasteiger partial charge in [0.25, 0.3) is 5.69 Å². The number of rotatable bonds is 3. The summed E-state index contributed by atoms with van der Waals surface area (Å²) in [5.41, 5.74) is 5.37. The fourth-order valence-electron chi connectivity index (χ4n) is 3.03. The van der Waals surface area contributed by atoms with Crippen LogP contribution in [0.5, 0.6) is 0 Å². The van der Waals surface area contributed by atoms with E-state index in [9.17, 15) is 10.1 Å². The normalized spacial score (nSPS) is 21.3. The first-order valence-electron chi connectivity index (χ1n) is 7.62. The largest absolute Gasteiger partial charge is 0.269 e. The van der Waals surface area contributed by atoms with E-state index in [-0.39, 0.29) is 15.4 Å². The van der Waals surface area contributed by atoms with Crippen molar-refractivity contribution in [3.8, 4) is 0 Å². The Labute approximate surface area is 140 Å². The molecule has 0 bridgehead atoms. The van der Waals surface area contributed by atoms with Crippen LogP contribution in [0.15, 0.2) is 65.7 Å². The Bertz CT molecular complexity index is 753. The van der Waals surface area contributed by atoms with Crippen LogP contribution in [0, 0.1) is 10.1 Å². The van der Waals surface area contributed by atoms with Crippen LogP contribution >= 0.6 is 11.8 Å². The zero-order valence-electron chi connectivity index (χ0n) is 13.3. The minimum Gasteiger partial charge on any atom is -0.258 e. The van der Waals surface area contributed by atoms with Crippen LogP contribution in [0.3, 0.4) is 0 Å². The molecule has 1 heterocycles. The third-order valence-corrected chi connectivity index (χ3v) is 6.25. The van der Waals surface area contributed by atoms with Crippen LogP contribution in [0.2, 0.25) is 0 Å². The van der Waals surface area contributed by atoms with Gasteiger partial charge in [-0.25, -0.2) is 0 Å². The predicted octanol–water partition coefficient (Wildman–Crippen LogP) is 5.31. The average molecular weight is 325 g/mol. The molecule has 3 rings (SSSR count). The lowest BCUT2D eigenvalue weighted by Gasteiger charge is -2.39. The van der Waals surface area contributed by atoms with Crippen molar-refractivity contribution in [2.24, 2.45) is 0 Å². The van der Waals surface area contributed by atoms with E-state index >= 15 is 0 Å². The number of thioether (sulfide) groups is 1. The van der Waals surface area contributed by atoms with E-state index in [0.717, 1.165) is 17.7 Å². The molecule has 0 N–H and O–H groups in total. The van der Waals surface area contributed by atoms with Gasteiger partial charge in [0, 0.05) is 17.9 Å². The predicted molar refractivity (Wildman–Crippen MR) is 95.8 cm³/mol. The van der Waals surface area contributed by atoms with Crippen LogP contribution < -0.4 is 0 Å². The van der Waals surface area contributed by atoms with Gasteiger partial charge in [0.05, 0.1) is 9.67 Å². The molecule has 3 nitrogen and oxygen atoms in total. The molecule has 0 amide bonds. The van der Waals surface area contributed by atoms with Gasteiger partial charge in [-0.1, -0.05) is 53.6 Å². The van der Waals surface area contributed by atoms with Crippen LogP contribution in [0.4, 0.5) is 5.69 Å². The summed E-state index contributed by atoms with van der Waals surface area (Å²) in [5.74, 6) is 0.984. The zero-order valence-corrected chi connectivity index (χ0v) is 14.1. The summed E-state index contributed by atoms with van der Waals surface area (Å²) in [7, 11) is 0. The second-order valence-electron chi connectivity index (χ2n) is 6.02. The molecule has 0 aromatic heterocycles. The summed E-state index contributed by atoms with van der Waals surface area (Å²) >= 11 is 1.92. The average Bonchev–Trinajstić information content (AvgIpc) is 2.58. The Hall–Kier alpha value is -2.07. The first kappa shape index (κ1) is 15.8. The molecule has 0 saturated heterocycles. The van der Waals surface area contributed by atoms with Crippen LogP contribution in [0.25, 0.3) is 0 Å². The topological polar surface area (TPSA) is 43.1 Å². The minimum atomic E-state index is -0.345. The fraction of sp³-hybridized carbons (Fsp3) is 0.263. The molecule has 2 aromatic carbocycles. The SMILES string of the molecule is CC1=C(C)CC(c2ccccc2)(c2ccc([N+](=O)[O-])cc2)SC1. The van der Waals surface area contributed by atoms with Crippen LogP contribution in [-0.2, 0) is 4.75 Å². The highest BCUT2D eigenvalue weighted by atomic mass is 32.2. The number of nitro groups is 1. The van der Waals surface area contributed by atoms with Crippen molar-refractivity contribution < 1.29 is 4.92 Å². The lowest BCUT2D eigenvalue weighted by molar-refractivity contribution is -0.384. The first-order chi connectivity index (χ1) is 11.0. The molecule has 1 unspecified atom stereocenters. The monoisotopic (exact) mass is 325 g/mol. The summed E-state index contributed by atoms with van der Waals surface area (Å²) in [5, 5.41) is 10.9. The van der Waals surface area contributed by atoms with E-state index in [1.165, 1.54) is 16.7 Å². The van der Waals surface area contributed by atoms with Gasteiger partial charge in [-0.15, -0.1) is 11.8 Å². The number of hydrogen-bond acceptors (Lipinski definition) is 3. The van der Waals surface area contributed by atoms with Gasteiger partial charge in [0.15, 0.2) is 0 Å². The van der Waals surface area contributed by atoms with Gasteiger partial charge in [-0.05, 0) is 31.4 Å². The maximum absolute atomic E-state index is 10.9. The molecular formula is C19H19NO2S. The summed E-state index contributed by atoms with van der Waals surface area (Å²) in [6.07, 6.45) is 0.936. The Morgan fingerprint density at radius 3 is 2.13 bits per heavy atom. The van der Waals surface area contributed by atoms with Gasteiger partial charge in [-0.3, -0.25) is 10.1 Å². The number of benzene rings is 2. The van der Waals surface area contributed by atoms with E-state index < -0.39 is 0 Å². The van der Waals surface area contributed by atoms with Crippen molar-refractivity contribution in [1.82, 2.24) is 0 Å². The van der Waals surface area contributed by atoms with Gasteiger partial charge in [-0.2, -0.15) is 0 Å². The molecule has 0 fully saturated rings. The van der Waals surface area contributed by atoms with Crippen molar-refractivity contribution in [3.05, 3.63) is 87.0 Å². The maximum atomic E-state index is 10.9. The van der Waals surface area contributed by atoms with Gasteiger partial charge in [0.2, 0.25) is 0 Å². The first-order valence-corrected chi connectivity index (χ1v) is 8.61. The Balaban J connectivity index is 2.11. The lowest BCUT2D eigenvalue weighted by Crippen LogP contribution is -2.28. The Morgan fingerprint density at radius 1 is 0.957 bits per heavy atom. The van der Waals surface area contributed by atoms with Gasteiger partial charge < -0.3 is 0 Å². The third-order valence-electron chi connectivity index (χ3n) is 4.56. The summed E-state index contributed by atoms with van der Waals surface area (Å²) in [6, 6.07) is 17.5. The zero-order chi connectivity index (χ0) is 16.4. The quantitative estimate of drug-likeness (QED) is 0.436. The summed E-state index contributed by atoms with van der Waals surface area (Å²) in [6.45, 7) is 4.38. The molecule has 1 atom stereocenters. The standard InChI is InChI=1S/C19H19NO2S/c1-14-12-19(23-13-15(14)2,16-6-4-3-5-7-16)17-8-10-18(11-9-17)20(21)22/h3-11H,12-13H2,1-2H3. The van der Waals surface area contributed by atoms with Crippen molar-refractivity contribution >= 4 is 17.4 Å². The number of nitrogens with zero attached hydrogens (tertiary/aromatic N) is 1. The molecule has 0 aliphatic carbocycles. The summed E-state index contributed by atoms with van der Waals surface area (Å²) in [4.78, 5) is 10.6. The van der Waals surface area contributed by atoms with Crippen molar-refractivity contribution in [3.63, 3.8) is 0 Å². The Morgan fingerprint density at radius 2 is 1.57 bits per heavy atom. The molecule has 1 aliphatic heterocycles. The Kier molecular flexibility index (Phi) is 4.26. The number of allylic oxidation sites excluding steroid dienone is 1. The van der Waals surface area contributed by atoms with E-state index in [4.69, 9.17) is 0 Å². The summed E-state index contributed by atoms with van der Waals surface area (Å²) < 4.78 is -0.167. The van der Waals surface area contributed by atoms with Crippen LogP contribution in [0.1, 0.15) is 31.4 Å². The molecular weight excluding hydrogens is 306 g/mol. The third kappa shape index (κ3) is 2.91. The van der Waals surface area contributed by atoms with Gasteiger partial charge in [0.1, 0.15) is 0 Å². The van der Waals surface area contributed by atoms with Crippen molar-refractivity contribution in [2.45, 2.75) is 25.0 Å². The second-order valence-corrected chi connectivity index (χ2v) is 7.30. The fourth-order valence-corrected chi connectivity index (χ4v) is 4.66. The van der Waals surface area contributed by atoms with Crippen molar-refractivity contribution in [2.75, 3.05) is 5.75 Å². The molecule has 0 radical (unpaired) electrons. The highest BCUT2D eigenvalue weighted by Crippen LogP contribution is 2.51. The number of nitro benzene ring substituents is 1. The molecule has 4 heteroatoms. The van der Waals surface area contributed by atoms with Gasteiger partial charge >= 0.3 is 0 Å². The number of non-ortho nitro benzene ring substituents is 1. The molecule has 0 saturated carbocycles.